The first-order valence-electron chi connectivity index (χ1n) is 6.26. The fourth-order valence-electron chi connectivity index (χ4n) is 1.55. The number of rotatable bonds is 4. The van der Waals surface area contributed by atoms with E-state index in [1.54, 1.807) is 12.1 Å². The molecular weight excluding hydrogens is 340 g/mol. The number of aromatic carboxylic acids is 1. The molecule has 1 aromatic carbocycles. The van der Waals surface area contributed by atoms with Gasteiger partial charge in [0, 0.05) is 9.89 Å². The second-order valence-electron chi connectivity index (χ2n) is 5.50. The van der Waals surface area contributed by atoms with Crippen molar-refractivity contribution in [1.82, 2.24) is 10.1 Å². The molecule has 0 fully saturated rings. The minimum atomic E-state index is -1.06. The Bertz CT molecular complexity index is 661. The Labute approximate surface area is 130 Å². The molecule has 1 N–H and O–H groups in total. The summed E-state index contributed by atoms with van der Waals surface area (Å²) in [6, 6.07) is 4.77. The summed E-state index contributed by atoms with van der Waals surface area (Å²) in [4.78, 5) is 15.4. The molecule has 1 heterocycles. The van der Waals surface area contributed by atoms with E-state index in [2.05, 4.69) is 26.1 Å². The molecule has 0 spiro atoms. The molecule has 0 saturated carbocycles. The quantitative estimate of drug-likeness (QED) is 0.905. The summed E-state index contributed by atoms with van der Waals surface area (Å²) in [5.41, 5.74) is -0.168. The highest BCUT2D eigenvalue weighted by Crippen LogP contribution is 2.24. The van der Waals surface area contributed by atoms with Gasteiger partial charge in [-0.3, -0.25) is 0 Å². The van der Waals surface area contributed by atoms with Crippen LogP contribution in [0.25, 0.3) is 0 Å². The molecule has 0 aliphatic heterocycles. The van der Waals surface area contributed by atoms with Crippen LogP contribution in [-0.4, -0.2) is 21.2 Å². The van der Waals surface area contributed by atoms with Crippen LogP contribution in [0, 0.1) is 0 Å². The van der Waals surface area contributed by atoms with E-state index in [9.17, 15) is 4.79 Å². The zero-order valence-corrected chi connectivity index (χ0v) is 13.5. The first kappa shape index (κ1) is 15.5. The molecule has 2 rings (SSSR count). The molecule has 7 heteroatoms. The van der Waals surface area contributed by atoms with Crippen LogP contribution in [-0.2, 0) is 12.0 Å². The van der Waals surface area contributed by atoms with Gasteiger partial charge in [-0.15, -0.1) is 0 Å². The Kier molecular flexibility index (Phi) is 4.32. The van der Waals surface area contributed by atoms with Crippen molar-refractivity contribution in [2.45, 2.75) is 32.8 Å². The Morgan fingerprint density at radius 1 is 1.43 bits per heavy atom. The number of carboxylic acids is 1. The number of hydrogen-bond donors (Lipinski definition) is 1. The predicted molar refractivity (Wildman–Crippen MR) is 78.4 cm³/mol. The Morgan fingerprint density at radius 3 is 2.71 bits per heavy atom. The highest BCUT2D eigenvalue weighted by molar-refractivity contribution is 9.10. The fourth-order valence-corrected chi connectivity index (χ4v) is 1.92. The van der Waals surface area contributed by atoms with Crippen LogP contribution < -0.4 is 4.74 Å². The van der Waals surface area contributed by atoms with E-state index in [1.165, 1.54) is 6.07 Å². The number of nitrogens with zero attached hydrogens (tertiary/aromatic N) is 2. The monoisotopic (exact) mass is 354 g/mol. The highest BCUT2D eigenvalue weighted by atomic mass is 79.9. The van der Waals surface area contributed by atoms with Gasteiger partial charge in [-0.2, -0.15) is 4.98 Å². The number of aromatic nitrogens is 2. The maximum absolute atomic E-state index is 11.2. The number of hydrogen-bond acceptors (Lipinski definition) is 5. The van der Waals surface area contributed by atoms with Gasteiger partial charge in [0.15, 0.2) is 6.61 Å². The van der Waals surface area contributed by atoms with Crippen LogP contribution in [0.3, 0.4) is 0 Å². The molecule has 0 radical (unpaired) electrons. The van der Waals surface area contributed by atoms with Gasteiger partial charge < -0.3 is 14.4 Å². The zero-order chi connectivity index (χ0) is 15.6. The standard InChI is InChI=1S/C14H15BrN2O4/c1-14(2,3)13-16-11(17-21-13)7-20-10-5-4-8(15)6-9(10)12(18)19/h4-6H,7H2,1-3H3,(H,18,19). The SMILES string of the molecule is CC(C)(C)c1nc(COc2ccc(Br)cc2C(=O)O)no1. The van der Waals surface area contributed by atoms with E-state index in [4.69, 9.17) is 14.4 Å². The Balaban J connectivity index is 2.13. The summed E-state index contributed by atoms with van der Waals surface area (Å²) >= 11 is 3.23. The summed E-state index contributed by atoms with van der Waals surface area (Å²) in [6.45, 7) is 5.93. The van der Waals surface area contributed by atoms with Crippen LogP contribution in [0.1, 0.15) is 42.8 Å². The van der Waals surface area contributed by atoms with Crippen LogP contribution in [0.15, 0.2) is 27.2 Å². The number of carboxylic acid groups (broad SMARTS) is 1. The summed E-state index contributed by atoms with van der Waals surface area (Å²) in [5, 5.41) is 13.0. The van der Waals surface area contributed by atoms with E-state index in [0.29, 0.717) is 16.2 Å². The number of carbonyl (C=O) groups is 1. The normalized spacial score (nSPS) is 11.4. The first-order chi connectivity index (χ1) is 9.77. The smallest absolute Gasteiger partial charge is 0.339 e. The van der Waals surface area contributed by atoms with Gasteiger partial charge >= 0.3 is 5.97 Å². The molecule has 6 nitrogen and oxygen atoms in total. The van der Waals surface area contributed by atoms with Crippen molar-refractivity contribution in [3.8, 4) is 5.75 Å². The number of halogens is 1. The van der Waals surface area contributed by atoms with Crippen molar-refractivity contribution >= 4 is 21.9 Å². The Morgan fingerprint density at radius 2 is 2.14 bits per heavy atom. The second-order valence-corrected chi connectivity index (χ2v) is 6.42. The lowest BCUT2D eigenvalue weighted by atomic mass is 9.97. The number of ether oxygens (including phenoxy) is 1. The van der Waals surface area contributed by atoms with Gasteiger partial charge in [0.2, 0.25) is 11.7 Å². The molecule has 0 unspecified atom stereocenters. The lowest BCUT2D eigenvalue weighted by Crippen LogP contribution is -2.11. The third-order valence-corrected chi connectivity index (χ3v) is 3.13. The first-order valence-corrected chi connectivity index (χ1v) is 7.05. The molecular formula is C14H15BrN2O4. The molecule has 0 amide bonds. The highest BCUT2D eigenvalue weighted by Gasteiger charge is 2.22. The molecule has 0 bridgehead atoms. The summed E-state index contributed by atoms with van der Waals surface area (Å²) in [6.07, 6.45) is 0. The van der Waals surface area contributed by atoms with Gasteiger partial charge in [-0.1, -0.05) is 41.9 Å². The summed E-state index contributed by atoms with van der Waals surface area (Å²) in [5.74, 6) is 0.0807. The molecule has 2 aromatic rings. The van der Waals surface area contributed by atoms with Crippen LogP contribution in [0.2, 0.25) is 0 Å². The summed E-state index contributed by atoms with van der Waals surface area (Å²) < 4.78 is 11.3. The lowest BCUT2D eigenvalue weighted by Gasteiger charge is -2.10. The van der Waals surface area contributed by atoms with Gasteiger partial charge in [0.05, 0.1) is 0 Å². The van der Waals surface area contributed by atoms with E-state index in [-0.39, 0.29) is 23.3 Å². The third kappa shape index (κ3) is 3.81. The van der Waals surface area contributed by atoms with E-state index < -0.39 is 5.97 Å². The molecule has 0 atom stereocenters. The average molecular weight is 355 g/mol. The van der Waals surface area contributed by atoms with Crippen molar-refractivity contribution in [2.24, 2.45) is 0 Å². The van der Waals surface area contributed by atoms with E-state index >= 15 is 0 Å². The fraction of sp³-hybridized carbons (Fsp3) is 0.357. The minimum Gasteiger partial charge on any atom is -0.485 e. The van der Waals surface area contributed by atoms with Crippen LogP contribution in [0.4, 0.5) is 0 Å². The zero-order valence-electron chi connectivity index (χ0n) is 11.9. The maximum atomic E-state index is 11.2. The van der Waals surface area contributed by atoms with Crippen molar-refractivity contribution in [2.75, 3.05) is 0 Å². The molecule has 21 heavy (non-hydrogen) atoms. The van der Waals surface area contributed by atoms with Gasteiger partial charge in [0.25, 0.3) is 0 Å². The van der Waals surface area contributed by atoms with Crippen LogP contribution in [0.5, 0.6) is 5.75 Å². The maximum Gasteiger partial charge on any atom is 0.339 e. The predicted octanol–water partition coefficient (Wildman–Crippen LogP) is 3.41. The minimum absolute atomic E-state index is 0.0431. The molecule has 0 saturated heterocycles. The number of benzene rings is 1. The third-order valence-electron chi connectivity index (χ3n) is 2.64. The van der Waals surface area contributed by atoms with E-state index in [1.807, 2.05) is 20.8 Å². The lowest BCUT2D eigenvalue weighted by molar-refractivity contribution is 0.0691. The van der Waals surface area contributed by atoms with Crippen molar-refractivity contribution in [3.63, 3.8) is 0 Å². The average Bonchev–Trinajstić information content (AvgIpc) is 2.85. The van der Waals surface area contributed by atoms with E-state index in [0.717, 1.165) is 0 Å². The van der Waals surface area contributed by atoms with Crippen molar-refractivity contribution < 1.29 is 19.2 Å². The molecule has 0 aliphatic rings. The van der Waals surface area contributed by atoms with Crippen LogP contribution >= 0.6 is 15.9 Å². The van der Waals surface area contributed by atoms with Crippen molar-refractivity contribution in [1.29, 1.82) is 0 Å². The molecule has 112 valence electrons. The Hall–Kier alpha value is -1.89. The largest absolute Gasteiger partial charge is 0.485 e. The van der Waals surface area contributed by atoms with Gasteiger partial charge in [0.1, 0.15) is 11.3 Å². The molecule has 1 aromatic heterocycles. The second kappa shape index (κ2) is 5.85. The van der Waals surface area contributed by atoms with Gasteiger partial charge in [-0.25, -0.2) is 4.79 Å². The van der Waals surface area contributed by atoms with Crippen molar-refractivity contribution in [3.05, 3.63) is 40.0 Å². The topological polar surface area (TPSA) is 85.5 Å². The van der Waals surface area contributed by atoms with Gasteiger partial charge in [-0.05, 0) is 18.2 Å². The molecule has 0 aliphatic carbocycles. The summed E-state index contributed by atoms with van der Waals surface area (Å²) in [7, 11) is 0.